The van der Waals surface area contributed by atoms with Crippen LogP contribution >= 0.6 is 11.3 Å². The van der Waals surface area contributed by atoms with Crippen LogP contribution in [-0.4, -0.2) is 26.4 Å². The second-order valence-corrected chi connectivity index (χ2v) is 7.86. The number of H-pyrrole nitrogens is 1. The molecule has 0 spiro atoms. The second-order valence-electron chi connectivity index (χ2n) is 6.72. The number of rotatable bonds is 2. The molecular weight excluding hydrogens is 298 g/mol. The van der Waals surface area contributed by atoms with Gasteiger partial charge in [-0.1, -0.05) is 20.8 Å². The van der Waals surface area contributed by atoms with Crippen LogP contribution in [0.5, 0.6) is 0 Å². The number of anilines is 1. The summed E-state index contributed by atoms with van der Waals surface area (Å²) in [5, 5.41) is 0.585. The Kier molecular flexibility index (Phi) is 3.78. The molecule has 3 heterocycles. The molecule has 7 heteroatoms. The van der Waals surface area contributed by atoms with Crippen LogP contribution in [0.25, 0.3) is 0 Å². The van der Waals surface area contributed by atoms with Gasteiger partial charge in [-0.25, -0.2) is 9.97 Å². The Morgan fingerprint density at radius 2 is 2.23 bits per heavy atom. The van der Waals surface area contributed by atoms with Crippen LogP contribution in [-0.2, 0) is 24.9 Å². The van der Waals surface area contributed by atoms with Gasteiger partial charge in [0.15, 0.2) is 5.13 Å². The molecule has 0 bridgehead atoms. The van der Waals surface area contributed by atoms with E-state index in [0.717, 1.165) is 41.5 Å². The zero-order valence-corrected chi connectivity index (χ0v) is 14.0. The topological polar surface area (TPSA) is 87.9 Å². The van der Waals surface area contributed by atoms with E-state index in [1.165, 1.54) is 11.3 Å². The van der Waals surface area contributed by atoms with E-state index in [2.05, 4.69) is 40.6 Å². The van der Waals surface area contributed by atoms with Crippen molar-refractivity contribution in [1.29, 1.82) is 0 Å². The smallest absolute Gasteiger partial charge is 0.255 e. The second kappa shape index (κ2) is 5.48. The van der Waals surface area contributed by atoms with Crippen LogP contribution < -0.4 is 11.3 Å². The third-order valence-electron chi connectivity index (χ3n) is 3.81. The minimum Gasteiger partial charge on any atom is -0.375 e. The molecule has 22 heavy (non-hydrogen) atoms. The van der Waals surface area contributed by atoms with Gasteiger partial charge in [0.2, 0.25) is 0 Å². The van der Waals surface area contributed by atoms with E-state index >= 15 is 0 Å². The van der Waals surface area contributed by atoms with E-state index < -0.39 is 0 Å². The molecule has 0 fully saturated rings. The molecule has 1 aliphatic heterocycles. The number of aromatic nitrogens is 3. The van der Waals surface area contributed by atoms with Crippen molar-refractivity contribution in [3.8, 4) is 0 Å². The number of hydrogen-bond donors (Lipinski definition) is 2. The number of nitrogens with two attached hydrogens (primary N) is 1. The van der Waals surface area contributed by atoms with Crippen molar-refractivity contribution >= 4 is 16.5 Å². The molecule has 0 aliphatic carbocycles. The highest BCUT2D eigenvalue weighted by Gasteiger charge is 2.25. The summed E-state index contributed by atoms with van der Waals surface area (Å²) < 4.78 is 0. The number of fused-ring (bicyclic) bond motifs is 1. The summed E-state index contributed by atoms with van der Waals surface area (Å²) in [6.07, 6.45) is 2.61. The number of nitrogens with zero attached hydrogens (tertiary/aromatic N) is 3. The molecule has 6 nitrogen and oxygen atoms in total. The van der Waals surface area contributed by atoms with E-state index in [1.54, 1.807) is 6.20 Å². The van der Waals surface area contributed by atoms with Gasteiger partial charge in [0.1, 0.15) is 5.82 Å². The molecule has 1 aliphatic rings. The predicted molar refractivity (Wildman–Crippen MR) is 87.9 cm³/mol. The molecule has 0 atom stereocenters. The maximum Gasteiger partial charge on any atom is 0.255 e. The molecule has 118 valence electrons. The first-order chi connectivity index (χ1) is 10.3. The quantitative estimate of drug-likeness (QED) is 0.879. The first-order valence-electron chi connectivity index (χ1n) is 7.38. The largest absolute Gasteiger partial charge is 0.375 e. The van der Waals surface area contributed by atoms with E-state index in [0.29, 0.717) is 11.7 Å². The Morgan fingerprint density at radius 1 is 1.45 bits per heavy atom. The van der Waals surface area contributed by atoms with Crippen LogP contribution in [0.3, 0.4) is 0 Å². The summed E-state index contributed by atoms with van der Waals surface area (Å²) in [4.78, 5) is 27.4. The van der Waals surface area contributed by atoms with Gasteiger partial charge in [-0.2, -0.15) is 0 Å². The molecule has 0 amide bonds. The highest BCUT2D eigenvalue weighted by Crippen LogP contribution is 2.23. The fourth-order valence-electron chi connectivity index (χ4n) is 2.59. The molecule has 0 aromatic carbocycles. The minimum atomic E-state index is -0.147. The van der Waals surface area contributed by atoms with Crippen LogP contribution in [0.1, 0.15) is 42.7 Å². The third kappa shape index (κ3) is 3.05. The van der Waals surface area contributed by atoms with Crippen molar-refractivity contribution in [3.05, 3.63) is 38.5 Å². The van der Waals surface area contributed by atoms with Gasteiger partial charge < -0.3 is 10.7 Å². The van der Waals surface area contributed by atoms with E-state index in [1.807, 2.05) is 0 Å². The summed E-state index contributed by atoms with van der Waals surface area (Å²) >= 11 is 1.50. The average Bonchev–Trinajstić information content (AvgIpc) is 2.83. The van der Waals surface area contributed by atoms with Crippen LogP contribution in [0, 0.1) is 0 Å². The molecule has 0 radical (unpaired) electrons. The normalized spacial score (nSPS) is 15.8. The lowest BCUT2D eigenvalue weighted by molar-refractivity contribution is 0.243. The first-order valence-corrected chi connectivity index (χ1v) is 8.19. The average molecular weight is 319 g/mol. The molecule has 0 unspecified atom stereocenters. The number of nitrogens with one attached hydrogen (secondary N) is 1. The fraction of sp³-hybridized carbons (Fsp3) is 0.533. The summed E-state index contributed by atoms with van der Waals surface area (Å²) in [6.45, 7) is 8.46. The lowest BCUT2D eigenvalue weighted by Gasteiger charge is -2.28. The van der Waals surface area contributed by atoms with Gasteiger partial charge in [0, 0.05) is 42.5 Å². The Bertz CT molecular complexity index is 743. The van der Waals surface area contributed by atoms with Crippen molar-refractivity contribution in [2.75, 3.05) is 12.3 Å². The monoisotopic (exact) mass is 319 g/mol. The number of thiazole rings is 1. The molecule has 2 aromatic rings. The standard InChI is InChI=1S/C15H21N5OS/c1-15(2,3)13-18-11-4-5-20(8-10(11)12(21)19-13)7-9-6-17-14(16)22-9/h6H,4-5,7-8H2,1-3H3,(H2,16,17)(H,18,19,21). The molecule has 0 saturated heterocycles. The SMILES string of the molecule is CC(C)(C)c1nc2c(c(=O)[nH]1)CN(Cc1cnc(N)s1)CC2. The fourth-order valence-corrected chi connectivity index (χ4v) is 3.31. The lowest BCUT2D eigenvalue weighted by Crippen LogP contribution is -2.36. The predicted octanol–water partition coefficient (Wildman–Crippen LogP) is 1.66. The number of hydrogen-bond acceptors (Lipinski definition) is 6. The molecule has 3 rings (SSSR count). The zero-order chi connectivity index (χ0) is 15.9. The maximum atomic E-state index is 12.4. The van der Waals surface area contributed by atoms with Crippen molar-refractivity contribution in [2.45, 2.75) is 45.7 Å². The van der Waals surface area contributed by atoms with Gasteiger partial charge in [-0.05, 0) is 0 Å². The lowest BCUT2D eigenvalue weighted by atomic mass is 9.95. The zero-order valence-electron chi connectivity index (χ0n) is 13.1. The number of nitrogen functional groups attached to an aromatic ring is 1. The summed E-state index contributed by atoms with van der Waals surface area (Å²) in [5.74, 6) is 0.764. The first kappa shape index (κ1) is 15.2. The summed E-state index contributed by atoms with van der Waals surface area (Å²) in [7, 11) is 0. The van der Waals surface area contributed by atoms with E-state index in [4.69, 9.17) is 5.73 Å². The van der Waals surface area contributed by atoms with Crippen LogP contribution in [0.2, 0.25) is 0 Å². The Balaban J connectivity index is 1.83. The van der Waals surface area contributed by atoms with Crippen molar-refractivity contribution in [1.82, 2.24) is 19.9 Å². The van der Waals surface area contributed by atoms with Gasteiger partial charge in [0.25, 0.3) is 5.56 Å². The Labute approximate surface area is 133 Å². The Hall–Kier alpha value is -1.73. The Morgan fingerprint density at radius 3 is 2.86 bits per heavy atom. The van der Waals surface area contributed by atoms with Crippen molar-refractivity contribution in [3.63, 3.8) is 0 Å². The highest BCUT2D eigenvalue weighted by atomic mass is 32.1. The van der Waals surface area contributed by atoms with Gasteiger partial charge in [0.05, 0.1) is 11.3 Å². The van der Waals surface area contributed by atoms with Gasteiger partial charge in [-0.3, -0.25) is 9.69 Å². The molecule has 3 N–H and O–H groups in total. The summed E-state index contributed by atoms with van der Waals surface area (Å²) in [5.41, 5.74) is 7.23. The van der Waals surface area contributed by atoms with Crippen LogP contribution in [0.4, 0.5) is 5.13 Å². The van der Waals surface area contributed by atoms with E-state index in [9.17, 15) is 4.79 Å². The highest BCUT2D eigenvalue weighted by molar-refractivity contribution is 7.15. The minimum absolute atomic E-state index is 0.0107. The van der Waals surface area contributed by atoms with Crippen LogP contribution in [0.15, 0.2) is 11.0 Å². The van der Waals surface area contributed by atoms with Gasteiger partial charge in [-0.15, -0.1) is 11.3 Å². The third-order valence-corrected chi connectivity index (χ3v) is 4.62. The maximum absolute atomic E-state index is 12.4. The molecule has 0 saturated carbocycles. The summed E-state index contributed by atoms with van der Waals surface area (Å²) in [6, 6.07) is 0. The number of aromatic amines is 1. The van der Waals surface area contributed by atoms with Gasteiger partial charge >= 0.3 is 0 Å². The van der Waals surface area contributed by atoms with Crippen molar-refractivity contribution in [2.24, 2.45) is 0 Å². The van der Waals surface area contributed by atoms with Crippen molar-refractivity contribution < 1.29 is 0 Å². The van der Waals surface area contributed by atoms with E-state index in [-0.39, 0.29) is 11.0 Å². The molecular formula is C15H21N5OS. The molecule has 2 aromatic heterocycles.